The first-order valence-electron chi connectivity index (χ1n) is 10.00. The van der Waals surface area contributed by atoms with Gasteiger partial charge in [-0.1, -0.05) is 35.3 Å². The van der Waals surface area contributed by atoms with Crippen molar-refractivity contribution in [3.63, 3.8) is 0 Å². The molecule has 0 saturated heterocycles. The number of halogens is 2. The number of carbonyl (C=O) groups is 1. The highest BCUT2D eigenvalue weighted by Crippen LogP contribution is 2.27. The maximum absolute atomic E-state index is 12.8. The summed E-state index contributed by atoms with van der Waals surface area (Å²) in [4.78, 5) is 38.2. The minimum absolute atomic E-state index is 0.0368. The molecule has 0 saturated carbocycles. The molecule has 33 heavy (non-hydrogen) atoms. The number of benzene rings is 2. The van der Waals surface area contributed by atoms with E-state index in [1.165, 1.54) is 6.20 Å². The number of hydrogen-bond acceptors (Lipinski definition) is 6. The Morgan fingerprint density at radius 3 is 2.67 bits per heavy atom. The largest absolute Gasteiger partial charge is 0.341 e. The molecule has 2 aromatic heterocycles. The predicted octanol–water partition coefficient (Wildman–Crippen LogP) is 3.27. The van der Waals surface area contributed by atoms with Gasteiger partial charge in [0, 0.05) is 31.0 Å². The first kappa shape index (κ1) is 21.2. The number of nitrogens with one attached hydrogen (secondary N) is 3. The SMILES string of the molecule is CN1CCc2ccc(Nc3ncc4c(=N)n(-c5c(Cl)cccc5Cl)c(=O)[nH]c4n3)cc2C1=O. The standard InChI is InChI=1S/C22H17Cl2N7O2/c1-30-8-7-11-5-6-12(9-13(11)20(30)32)27-21-26-10-14-18(25)31(22(33)29-19(14)28-21)17-15(23)3-2-4-16(17)24/h2-6,9-10,25H,7-8H2,1H3,(H2,26,27,28,29,33). The fourth-order valence-electron chi connectivity index (χ4n) is 3.80. The van der Waals surface area contributed by atoms with Crippen LogP contribution in [-0.2, 0) is 6.42 Å². The minimum Gasteiger partial charge on any atom is -0.341 e. The van der Waals surface area contributed by atoms with Gasteiger partial charge in [0.25, 0.3) is 5.91 Å². The van der Waals surface area contributed by atoms with Gasteiger partial charge in [0.05, 0.1) is 21.1 Å². The molecule has 1 aliphatic heterocycles. The van der Waals surface area contributed by atoms with Crippen molar-refractivity contribution in [2.24, 2.45) is 0 Å². The molecule has 0 spiro atoms. The number of H-pyrrole nitrogens is 1. The van der Waals surface area contributed by atoms with E-state index < -0.39 is 5.69 Å². The zero-order valence-corrected chi connectivity index (χ0v) is 18.8. The van der Waals surface area contributed by atoms with Crippen molar-refractivity contribution in [3.05, 3.63) is 79.7 Å². The van der Waals surface area contributed by atoms with Gasteiger partial charge in [-0.05, 0) is 36.2 Å². The van der Waals surface area contributed by atoms with E-state index in [9.17, 15) is 9.59 Å². The molecular formula is C22H17Cl2N7O2. The zero-order chi connectivity index (χ0) is 23.3. The molecular weight excluding hydrogens is 465 g/mol. The minimum atomic E-state index is -0.616. The highest BCUT2D eigenvalue weighted by atomic mass is 35.5. The Hall–Kier alpha value is -3.69. The van der Waals surface area contributed by atoms with Gasteiger partial charge in [0.2, 0.25) is 5.95 Å². The van der Waals surface area contributed by atoms with E-state index in [1.54, 1.807) is 36.2 Å². The van der Waals surface area contributed by atoms with Gasteiger partial charge in [0.1, 0.15) is 5.49 Å². The van der Waals surface area contributed by atoms with Crippen molar-refractivity contribution < 1.29 is 4.79 Å². The van der Waals surface area contributed by atoms with E-state index in [2.05, 4.69) is 20.3 Å². The van der Waals surface area contributed by atoms with Crippen molar-refractivity contribution in [3.8, 4) is 5.69 Å². The number of anilines is 2. The summed E-state index contributed by atoms with van der Waals surface area (Å²) in [5.74, 6) is 0.174. The number of rotatable bonds is 3. The van der Waals surface area contributed by atoms with Crippen LogP contribution in [0.3, 0.4) is 0 Å². The molecule has 0 aliphatic carbocycles. The monoisotopic (exact) mass is 481 g/mol. The highest BCUT2D eigenvalue weighted by Gasteiger charge is 2.22. The molecule has 9 nitrogen and oxygen atoms in total. The van der Waals surface area contributed by atoms with E-state index in [-0.39, 0.29) is 38.7 Å². The molecule has 3 heterocycles. The maximum atomic E-state index is 12.8. The fraction of sp³-hybridized carbons (Fsp3) is 0.136. The Morgan fingerprint density at radius 1 is 1.15 bits per heavy atom. The van der Waals surface area contributed by atoms with Crippen molar-refractivity contribution in [1.82, 2.24) is 24.4 Å². The van der Waals surface area contributed by atoms with Crippen LogP contribution in [0.25, 0.3) is 16.7 Å². The summed E-state index contributed by atoms with van der Waals surface area (Å²) in [6.45, 7) is 0.689. The Balaban J connectivity index is 1.55. The van der Waals surface area contributed by atoms with Crippen molar-refractivity contribution in [2.75, 3.05) is 18.9 Å². The summed E-state index contributed by atoms with van der Waals surface area (Å²) in [6, 6.07) is 10.3. The van der Waals surface area contributed by atoms with Gasteiger partial charge in [-0.2, -0.15) is 4.98 Å². The fourth-order valence-corrected chi connectivity index (χ4v) is 4.37. The number of hydrogen-bond donors (Lipinski definition) is 3. The van der Waals surface area contributed by atoms with Gasteiger partial charge in [-0.25, -0.2) is 14.3 Å². The Bertz CT molecular complexity index is 1540. The van der Waals surface area contributed by atoms with Crippen molar-refractivity contribution >= 4 is 51.8 Å². The molecule has 4 aromatic rings. The molecule has 5 rings (SSSR count). The Morgan fingerprint density at radius 2 is 1.91 bits per heavy atom. The molecule has 11 heteroatoms. The first-order valence-corrected chi connectivity index (χ1v) is 10.8. The number of likely N-dealkylation sites (N-methyl/N-ethyl adjacent to an activating group) is 1. The topological polar surface area (TPSA) is 120 Å². The zero-order valence-electron chi connectivity index (χ0n) is 17.3. The average molecular weight is 482 g/mol. The van der Waals surface area contributed by atoms with Crippen LogP contribution in [-0.4, -0.2) is 43.9 Å². The van der Waals surface area contributed by atoms with Crippen molar-refractivity contribution in [2.45, 2.75) is 6.42 Å². The van der Waals surface area contributed by atoms with E-state index in [0.717, 1.165) is 16.6 Å². The molecule has 1 aliphatic rings. The lowest BCUT2D eigenvalue weighted by Crippen LogP contribution is -2.34. The lowest BCUT2D eigenvalue weighted by atomic mass is 9.99. The van der Waals surface area contributed by atoms with E-state index in [0.29, 0.717) is 23.2 Å². The van der Waals surface area contributed by atoms with Crippen LogP contribution >= 0.6 is 23.2 Å². The van der Waals surface area contributed by atoms with Gasteiger partial charge < -0.3 is 10.2 Å². The van der Waals surface area contributed by atoms with Crippen molar-refractivity contribution in [1.29, 1.82) is 5.41 Å². The number of aromatic nitrogens is 4. The van der Waals surface area contributed by atoms with Gasteiger partial charge in [-0.15, -0.1) is 0 Å². The molecule has 3 N–H and O–H groups in total. The third-order valence-corrected chi connectivity index (χ3v) is 6.13. The predicted molar refractivity (Wildman–Crippen MR) is 126 cm³/mol. The lowest BCUT2D eigenvalue weighted by Gasteiger charge is -2.25. The lowest BCUT2D eigenvalue weighted by molar-refractivity contribution is 0.0781. The second-order valence-corrected chi connectivity index (χ2v) is 8.43. The molecule has 1 amide bonds. The molecule has 0 fully saturated rings. The molecule has 0 bridgehead atoms. The first-order chi connectivity index (χ1) is 15.8. The summed E-state index contributed by atoms with van der Waals surface area (Å²) in [5.41, 5.74) is 1.88. The number of aromatic amines is 1. The van der Waals surface area contributed by atoms with Crippen LogP contribution < -0.4 is 16.5 Å². The average Bonchev–Trinajstić information content (AvgIpc) is 2.78. The third kappa shape index (κ3) is 3.65. The van der Waals surface area contributed by atoms with E-state index in [4.69, 9.17) is 28.6 Å². The van der Waals surface area contributed by atoms with E-state index >= 15 is 0 Å². The van der Waals surface area contributed by atoms with Gasteiger partial charge in [0.15, 0.2) is 5.65 Å². The van der Waals surface area contributed by atoms with Crippen LogP contribution in [0.5, 0.6) is 0 Å². The molecule has 0 atom stereocenters. The Kier molecular flexibility index (Phi) is 5.15. The normalized spacial score (nSPS) is 13.3. The smallest absolute Gasteiger partial charge is 0.333 e. The number of fused-ring (bicyclic) bond motifs is 2. The molecule has 166 valence electrons. The summed E-state index contributed by atoms with van der Waals surface area (Å²) < 4.78 is 1.08. The highest BCUT2D eigenvalue weighted by molar-refractivity contribution is 6.37. The molecule has 0 radical (unpaired) electrons. The third-order valence-electron chi connectivity index (χ3n) is 5.52. The second kappa shape index (κ2) is 8.02. The molecule has 0 unspecified atom stereocenters. The van der Waals surface area contributed by atoms with Crippen LogP contribution in [0, 0.1) is 5.41 Å². The number of amides is 1. The summed E-state index contributed by atoms with van der Waals surface area (Å²) in [6.07, 6.45) is 2.23. The maximum Gasteiger partial charge on any atom is 0.333 e. The molecule has 2 aromatic carbocycles. The quantitative estimate of drug-likeness (QED) is 0.414. The van der Waals surface area contributed by atoms with Crippen LogP contribution in [0.4, 0.5) is 11.6 Å². The number of carbonyl (C=O) groups excluding carboxylic acids is 1. The number of nitrogens with zero attached hydrogens (tertiary/aromatic N) is 4. The van der Waals surface area contributed by atoms with E-state index in [1.807, 2.05) is 12.1 Å². The van der Waals surface area contributed by atoms with Gasteiger partial charge >= 0.3 is 5.69 Å². The second-order valence-electron chi connectivity index (χ2n) is 7.61. The summed E-state index contributed by atoms with van der Waals surface area (Å²) in [5, 5.41) is 12.4. The summed E-state index contributed by atoms with van der Waals surface area (Å²) >= 11 is 12.5. The van der Waals surface area contributed by atoms with Crippen LogP contribution in [0.1, 0.15) is 15.9 Å². The number of para-hydroxylation sites is 1. The van der Waals surface area contributed by atoms with Crippen LogP contribution in [0.2, 0.25) is 10.0 Å². The Labute approximate surface area is 197 Å². The van der Waals surface area contributed by atoms with Gasteiger partial charge in [-0.3, -0.25) is 15.2 Å². The summed E-state index contributed by atoms with van der Waals surface area (Å²) in [7, 11) is 1.77. The van der Waals surface area contributed by atoms with Crippen LogP contribution in [0.15, 0.2) is 47.4 Å².